The molecule has 0 amide bonds. The van der Waals surface area contributed by atoms with E-state index in [1.807, 2.05) is 24.3 Å². The van der Waals surface area contributed by atoms with Crippen molar-refractivity contribution in [1.82, 2.24) is 9.55 Å². The lowest BCUT2D eigenvalue weighted by Crippen LogP contribution is -1.99. The van der Waals surface area contributed by atoms with Gasteiger partial charge in [0.25, 0.3) is 5.69 Å². The Morgan fingerprint density at radius 1 is 1.29 bits per heavy atom. The zero-order valence-electron chi connectivity index (χ0n) is 12.7. The van der Waals surface area contributed by atoms with Crippen molar-refractivity contribution < 1.29 is 10.0 Å². The number of aliphatic hydroxyl groups is 1. The Kier molecular flexibility index (Phi) is 3.72. The van der Waals surface area contributed by atoms with Crippen molar-refractivity contribution in [3.8, 4) is 6.07 Å². The molecule has 7 nitrogen and oxygen atoms in total. The lowest BCUT2D eigenvalue weighted by molar-refractivity contribution is -0.384. The molecular formula is C17H12N4O3. The number of hydrogen-bond donors (Lipinski definition) is 1. The topological polar surface area (TPSA) is 105 Å². The largest absolute Gasteiger partial charge is 0.506 e. The van der Waals surface area contributed by atoms with E-state index in [1.165, 1.54) is 24.3 Å². The van der Waals surface area contributed by atoms with E-state index in [0.29, 0.717) is 11.3 Å². The van der Waals surface area contributed by atoms with Crippen LogP contribution in [0.3, 0.4) is 0 Å². The van der Waals surface area contributed by atoms with Crippen LogP contribution in [0, 0.1) is 21.4 Å². The number of nitro benzene ring substituents is 1. The van der Waals surface area contributed by atoms with Gasteiger partial charge in [-0.3, -0.25) is 10.1 Å². The number of para-hydroxylation sites is 2. The van der Waals surface area contributed by atoms with Gasteiger partial charge in [0.2, 0.25) is 0 Å². The standard InChI is InChI=1S/C17H12N4O3/c1-20-15-8-3-2-7-14(15)19-17(20)13(10-18)16(22)11-5-4-6-12(9-11)21(23)24/h2-9,22H,1H3. The van der Waals surface area contributed by atoms with Crippen molar-refractivity contribution in [2.24, 2.45) is 7.05 Å². The fourth-order valence-electron chi connectivity index (χ4n) is 2.49. The van der Waals surface area contributed by atoms with E-state index < -0.39 is 4.92 Å². The summed E-state index contributed by atoms with van der Waals surface area (Å²) < 4.78 is 1.70. The van der Waals surface area contributed by atoms with Crippen molar-refractivity contribution in [2.75, 3.05) is 0 Å². The summed E-state index contributed by atoms with van der Waals surface area (Å²) in [6, 6.07) is 14.8. The number of nitrogens with zero attached hydrogens (tertiary/aromatic N) is 4. The first kappa shape index (κ1) is 15.2. The van der Waals surface area contributed by atoms with Crippen LogP contribution in [0.15, 0.2) is 48.5 Å². The van der Waals surface area contributed by atoms with Gasteiger partial charge in [-0.05, 0) is 12.1 Å². The molecule has 0 unspecified atom stereocenters. The molecule has 0 aliphatic carbocycles. The number of nitro groups is 1. The SMILES string of the molecule is Cn1c(C(C#N)=C(O)c2cccc([N+](=O)[O-])c2)nc2ccccc21. The van der Waals surface area contributed by atoms with Crippen LogP contribution in [0.2, 0.25) is 0 Å². The Balaban J connectivity index is 2.21. The maximum absolute atomic E-state index is 10.9. The molecule has 0 bridgehead atoms. The van der Waals surface area contributed by atoms with Crippen molar-refractivity contribution in [3.63, 3.8) is 0 Å². The van der Waals surface area contributed by atoms with Gasteiger partial charge < -0.3 is 9.67 Å². The minimum absolute atomic E-state index is 0.0470. The Hall–Kier alpha value is -3.66. The Morgan fingerprint density at radius 3 is 2.71 bits per heavy atom. The highest BCUT2D eigenvalue weighted by Crippen LogP contribution is 2.27. The molecule has 0 aliphatic heterocycles. The van der Waals surface area contributed by atoms with Crippen LogP contribution in [0.25, 0.3) is 22.4 Å². The Morgan fingerprint density at radius 2 is 2.04 bits per heavy atom. The second-order valence-corrected chi connectivity index (χ2v) is 5.13. The molecule has 0 fully saturated rings. The van der Waals surface area contributed by atoms with Crippen LogP contribution in [0.5, 0.6) is 0 Å². The summed E-state index contributed by atoms with van der Waals surface area (Å²) in [6.07, 6.45) is 0. The molecule has 0 aliphatic rings. The summed E-state index contributed by atoms with van der Waals surface area (Å²) in [7, 11) is 1.74. The highest BCUT2D eigenvalue weighted by molar-refractivity contribution is 5.94. The first-order chi connectivity index (χ1) is 11.5. The van der Waals surface area contributed by atoms with E-state index in [0.717, 1.165) is 5.52 Å². The van der Waals surface area contributed by atoms with Crippen molar-refractivity contribution in [3.05, 3.63) is 70.0 Å². The summed E-state index contributed by atoms with van der Waals surface area (Å²) in [5.74, 6) is -0.0534. The van der Waals surface area contributed by atoms with Gasteiger partial charge in [-0.2, -0.15) is 5.26 Å². The number of aromatic nitrogens is 2. The van der Waals surface area contributed by atoms with Gasteiger partial charge in [-0.15, -0.1) is 0 Å². The molecule has 1 heterocycles. The smallest absolute Gasteiger partial charge is 0.270 e. The van der Waals surface area contributed by atoms with Gasteiger partial charge >= 0.3 is 0 Å². The second-order valence-electron chi connectivity index (χ2n) is 5.13. The second kappa shape index (κ2) is 5.85. The fraction of sp³-hybridized carbons (Fsp3) is 0.0588. The van der Waals surface area contributed by atoms with Crippen LogP contribution in [0.4, 0.5) is 5.69 Å². The molecular weight excluding hydrogens is 308 g/mol. The number of benzene rings is 2. The Bertz CT molecular complexity index is 1030. The normalized spacial score (nSPS) is 11.8. The number of hydrogen-bond acceptors (Lipinski definition) is 5. The maximum Gasteiger partial charge on any atom is 0.270 e. The first-order valence-electron chi connectivity index (χ1n) is 7.03. The van der Waals surface area contributed by atoms with E-state index in [2.05, 4.69) is 4.98 Å². The number of non-ortho nitro benzene ring substituents is 1. The van der Waals surface area contributed by atoms with E-state index in [1.54, 1.807) is 17.7 Å². The number of fused-ring (bicyclic) bond motifs is 1. The van der Waals surface area contributed by atoms with Crippen LogP contribution < -0.4 is 0 Å². The van der Waals surface area contributed by atoms with Crippen molar-refractivity contribution >= 4 is 28.1 Å². The van der Waals surface area contributed by atoms with Gasteiger partial charge in [0.05, 0.1) is 16.0 Å². The molecule has 3 aromatic rings. The Labute approximate surface area is 136 Å². The molecule has 7 heteroatoms. The summed E-state index contributed by atoms with van der Waals surface area (Å²) in [5, 5.41) is 30.8. The number of aryl methyl sites for hydroxylation is 1. The predicted octanol–water partition coefficient (Wildman–Crippen LogP) is 3.43. The van der Waals surface area contributed by atoms with Gasteiger partial charge in [0.1, 0.15) is 17.4 Å². The van der Waals surface area contributed by atoms with Crippen LogP contribution >= 0.6 is 0 Å². The predicted molar refractivity (Wildman–Crippen MR) is 88.9 cm³/mol. The van der Waals surface area contributed by atoms with Gasteiger partial charge in [-0.25, -0.2) is 4.98 Å². The van der Waals surface area contributed by atoms with Crippen LogP contribution in [-0.4, -0.2) is 19.6 Å². The molecule has 0 saturated heterocycles. The zero-order chi connectivity index (χ0) is 17.3. The number of rotatable bonds is 3. The van der Waals surface area contributed by atoms with Gasteiger partial charge in [0, 0.05) is 24.7 Å². The molecule has 24 heavy (non-hydrogen) atoms. The fourth-order valence-corrected chi connectivity index (χ4v) is 2.49. The molecule has 1 N–H and O–H groups in total. The molecule has 0 spiro atoms. The van der Waals surface area contributed by atoms with Crippen LogP contribution in [-0.2, 0) is 7.05 Å². The van der Waals surface area contributed by atoms with E-state index in [-0.39, 0.29) is 22.6 Å². The summed E-state index contributed by atoms with van der Waals surface area (Å²) in [6.45, 7) is 0. The molecule has 0 radical (unpaired) electrons. The highest BCUT2D eigenvalue weighted by atomic mass is 16.6. The minimum Gasteiger partial charge on any atom is -0.506 e. The summed E-state index contributed by atoms with van der Waals surface area (Å²) in [4.78, 5) is 14.7. The first-order valence-corrected chi connectivity index (χ1v) is 7.03. The number of allylic oxidation sites excluding steroid dienone is 1. The minimum atomic E-state index is -0.558. The molecule has 3 rings (SSSR count). The molecule has 1 aromatic heterocycles. The third-order valence-electron chi connectivity index (χ3n) is 3.69. The number of nitriles is 1. The van der Waals surface area contributed by atoms with Gasteiger partial charge in [-0.1, -0.05) is 24.3 Å². The maximum atomic E-state index is 10.9. The zero-order valence-corrected chi connectivity index (χ0v) is 12.7. The lowest BCUT2D eigenvalue weighted by atomic mass is 10.1. The van der Waals surface area contributed by atoms with E-state index in [9.17, 15) is 20.5 Å². The van der Waals surface area contributed by atoms with E-state index in [4.69, 9.17) is 0 Å². The monoisotopic (exact) mass is 320 g/mol. The average Bonchev–Trinajstić information content (AvgIpc) is 2.93. The lowest BCUT2D eigenvalue weighted by Gasteiger charge is -2.05. The van der Waals surface area contributed by atoms with E-state index >= 15 is 0 Å². The van der Waals surface area contributed by atoms with Crippen LogP contribution in [0.1, 0.15) is 11.4 Å². The average molecular weight is 320 g/mol. The molecule has 0 saturated carbocycles. The number of imidazole rings is 1. The number of aliphatic hydroxyl groups excluding tert-OH is 1. The third-order valence-corrected chi connectivity index (χ3v) is 3.69. The third kappa shape index (κ3) is 2.46. The summed E-state index contributed by atoms with van der Waals surface area (Å²) in [5.41, 5.74) is 1.48. The summed E-state index contributed by atoms with van der Waals surface area (Å²) >= 11 is 0. The van der Waals surface area contributed by atoms with Crippen molar-refractivity contribution in [2.45, 2.75) is 0 Å². The van der Waals surface area contributed by atoms with Gasteiger partial charge in [0.15, 0.2) is 5.82 Å². The molecule has 2 aromatic carbocycles. The van der Waals surface area contributed by atoms with Crippen molar-refractivity contribution in [1.29, 1.82) is 5.26 Å². The quantitative estimate of drug-likeness (QED) is 0.344. The highest BCUT2D eigenvalue weighted by Gasteiger charge is 2.18. The molecule has 0 atom stereocenters. The molecule has 118 valence electrons.